The monoisotopic (exact) mass is 409 g/mol. The number of hydrogen-bond donors (Lipinski definition) is 3. The SMILES string of the molecule is [N-]=[N+]=NN[C@](CCCCN)(C(=O)O)C(=O)OCC1c2ccccc2-c2ccccc21. The predicted octanol–water partition coefficient (Wildman–Crippen LogP) is 3.11. The van der Waals surface area contributed by atoms with E-state index < -0.39 is 17.5 Å². The molecule has 30 heavy (non-hydrogen) atoms. The van der Waals surface area contributed by atoms with Crippen LogP contribution in [0.25, 0.3) is 21.6 Å². The Morgan fingerprint density at radius 3 is 2.27 bits per heavy atom. The van der Waals surface area contributed by atoms with E-state index in [1.54, 1.807) is 0 Å². The average Bonchev–Trinajstić information content (AvgIpc) is 3.08. The highest BCUT2D eigenvalue weighted by Gasteiger charge is 2.51. The molecule has 0 saturated heterocycles. The zero-order valence-electron chi connectivity index (χ0n) is 16.3. The van der Waals surface area contributed by atoms with Crippen molar-refractivity contribution in [3.05, 3.63) is 70.1 Å². The summed E-state index contributed by atoms with van der Waals surface area (Å²) in [5.41, 5.74) is 18.2. The molecular weight excluding hydrogens is 386 g/mol. The highest BCUT2D eigenvalue weighted by Crippen LogP contribution is 2.44. The molecule has 0 radical (unpaired) electrons. The Hall–Kier alpha value is -3.55. The van der Waals surface area contributed by atoms with Gasteiger partial charge in [-0.05, 0) is 46.9 Å². The van der Waals surface area contributed by atoms with E-state index in [2.05, 4.69) is 15.6 Å². The number of carboxylic acid groups (broad SMARTS) is 1. The number of fused-ring (bicyclic) bond motifs is 3. The third-order valence-electron chi connectivity index (χ3n) is 5.35. The Morgan fingerprint density at radius 2 is 1.73 bits per heavy atom. The molecule has 0 bridgehead atoms. The number of benzene rings is 2. The smallest absolute Gasteiger partial charge is 0.366 e. The summed E-state index contributed by atoms with van der Waals surface area (Å²) in [5, 5.41) is 12.9. The summed E-state index contributed by atoms with van der Waals surface area (Å²) in [6.07, 6.45) is 0.750. The Labute approximate surface area is 173 Å². The van der Waals surface area contributed by atoms with Gasteiger partial charge in [0.05, 0.1) is 0 Å². The lowest BCUT2D eigenvalue weighted by Crippen LogP contribution is -2.57. The molecule has 0 fully saturated rings. The van der Waals surface area contributed by atoms with Crippen LogP contribution < -0.4 is 11.2 Å². The third-order valence-corrected chi connectivity index (χ3v) is 5.35. The fourth-order valence-electron chi connectivity index (χ4n) is 3.81. The van der Waals surface area contributed by atoms with Gasteiger partial charge >= 0.3 is 17.5 Å². The number of ether oxygens (including phenoxy) is 1. The molecule has 9 nitrogen and oxygen atoms in total. The Balaban J connectivity index is 1.84. The van der Waals surface area contributed by atoms with Crippen LogP contribution in [-0.4, -0.2) is 35.7 Å². The van der Waals surface area contributed by atoms with E-state index in [1.807, 2.05) is 48.5 Å². The first-order chi connectivity index (χ1) is 14.5. The molecule has 0 aliphatic heterocycles. The van der Waals surface area contributed by atoms with E-state index in [0.29, 0.717) is 19.4 Å². The van der Waals surface area contributed by atoms with Gasteiger partial charge in [0.15, 0.2) is 0 Å². The van der Waals surface area contributed by atoms with Gasteiger partial charge in [-0.1, -0.05) is 48.5 Å². The van der Waals surface area contributed by atoms with Crippen LogP contribution >= 0.6 is 0 Å². The molecule has 0 saturated carbocycles. The van der Waals surface area contributed by atoms with Crippen molar-refractivity contribution in [2.24, 2.45) is 11.0 Å². The highest BCUT2D eigenvalue weighted by atomic mass is 16.5. The minimum atomic E-state index is -2.17. The van der Waals surface area contributed by atoms with Crippen molar-refractivity contribution < 1.29 is 19.4 Å². The number of nitrogens with two attached hydrogens (primary N) is 1. The number of nitrogens with one attached hydrogen (secondary N) is 1. The molecule has 9 heteroatoms. The van der Waals surface area contributed by atoms with Crippen molar-refractivity contribution in [2.45, 2.75) is 30.7 Å². The van der Waals surface area contributed by atoms with Gasteiger partial charge in [0, 0.05) is 12.3 Å². The number of carboxylic acids is 1. The zero-order valence-corrected chi connectivity index (χ0v) is 16.3. The molecule has 0 aromatic heterocycles. The lowest BCUT2D eigenvalue weighted by atomic mass is 9.93. The van der Waals surface area contributed by atoms with Crippen LogP contribution in [0, 0.1) is 0 Å². The van der Waals surface area contributed by atoms with Crippen molar-refractivity contribution in [3.63, 3.8) is 0 Å². The number of carbonyl (C=O) groups is 2. The van der Waals surface area contributed by atoms with Crippen LogP contribution in [0.2, 0.25) is 0 Å². The third kappa shape index (κ3) is 3.94. The summed E-state index contributed by atoms with van der Waals surface area (Å²) in [6, 6.07) is 15.7. The number of unbranched alkanes of at least 4 members (excludes halogenated alkanes) is 1. The van der Waals surface area contributed by atoms with Crippen molar-refractivity contribution >= 4 is 11.9 Å². The first kappa shape index (κ1) is 21.2. The van der Waals surface area contributed by atoms with E-state index in [9.17, 15) is 14.7 Å². The molecule has 0 amide bonds. The molecule has 156 valence electrons. The van der Waals surface area contributed by atoms with Gasteiger partial charge in [-0.25, -0.2) is 15.0 Å². The van der Waals surface area contributed by atoms with Gasteiger partial charge < -0.3 is 15.6 Å². The van der Waals surface area contributed by atoms with Crippen molar-refractivity contribution in [1.82, 2.24) is 5.43 Å². The fraction of sp³-hybridized carbons (Fsp3) is 0.333. The van der Waals surface area contributed by atoms with Gasteiger partial charge in [-0.2, -0.15) is 4.91 Å². The van der Waals surface area contributed by atoms with Crippen LogP contribution in [0.5, 0.6) is 0 Å². The number of carbonyl (C=O) groups excluding carboxylic acids is 1. The summed E-state index contributed by atoms with van der Waals surface area (Å²) in [7, 11) is 0. The molecule has 1 atom stereocenters. The largest absolute Gasteiger partial charge is 0.477 e. The van der Waals surface area contributed by atoms with E-state index >= 15 is 0 Å². The molecule has 2 aromatic rings. The molecule has 3 rings (SSSR count). The van der Waals surface area contributed by atoms with Crippen LogP contribution in [-0.2, 0) is 14.3 Å². The number of rotatable bonds is 10. The maximum Gasteiger partial charge on any atom is 0.366 e. The fourth-order valence-corrected chi connectivity index (χ4v) is 3.81. The predicted molar refractivity (Wildman–Crippen MR) is 110 cm³/mol. The molecular formula is C21H23N5O4. The van der Waals surface area contributed by atoms with Gasteiger partial charge in [0.2, 0.25) is 0 Å². The first-order valence-electron chi connectivity index (χ1n) is 9.65. The summed E-state index contributed by atoms with van der Waals surface area (Å²) >= 11 is 0. The standard InChI is InChI=1S/C21H23N5O4/c22-12-6-5-11-21(19(27)28,24-26-25-23)20(29)30-13-18-16-9-3-1-7-14(16)15-8-2-4-10-17(15)18/h1-4,7-10,18,24H,5-6,11-13,22H2,(H,27,28)/t21-/m1/s1. The second-order valence-corrected chi connectivity index (χ2v) is 7.08. The molecule has 1 aliphatic carbocycles. The normalized spacial score (nSPS) is 14.0. The first-order valence-corrected chi connectivity index (χ1v) is 9.65. The molecule has 0 unspecified atom stereocenters. The topological polar surface area (TPSA) is 150 Å². The van der Waals surface area contributed by atoms with E-state index in [4.69, 9.17) is 16.0 Å². The number of esters is 1. The summed E-state index contributed by atoms with van der Waals surface area (Å²) in [4.78, 5) is 27.4. The lowest BCUT2D eigenvalue weighted by molar-refractivity contribution is -0.164. The van der Waals surface area contributed by atoms with Crippen LogP contribution in [0.4, 0.5) is 0 Å². The van der Waals surface area contributed by atoms with Gasteiger partial charge in [0.1, 0.15) is 6.61 Å². The number of hydrogen-bond acceptors (Lipinski definition) is 5. The van der Waals surface area contributed by atoms with Crippen LogP contribution in [0.1, 0.15) is 36.3 Å². The Kier molecular flexibility index (Phi) is 6.56. The quantitative estimate of drug-likeness (QED) is 0.104. The second-order valence-electron chi connectivity index (χ2n) is 7.08. The maximum atomic E-state index is 12.9. The Bertz CT molecular complexity index is 943. The van der Waals surface area contributed by atoms with Crippen molar-refractivity contribution in [2.75, 3.05) is 13.2 Å². The van der Waals surface area contributed by atoms with E-state index in [0.717, 1.165) is 22.3 Å². The van der Waals surface area contributed by atoms with Crippen LogP contribution in [0.15, 0.2) is 53.8 Å². The summed E-state index contributed by atoms with van der Waals surface area (Å²) < 4.78 is 5.50. The average molecular weight is 409 g/mol. The zero-order chi connectivity index (χ0) is 21.6. The lowest BCUT2D eigenvalue weighted by Gasteiger charge is -2.24. The molecule has 4 N–H and O–H groups in total. The highest BCUT2D eigenvalue weighted by molar-refractivity contribution is 6.04. The minimum Gasteiger partial charge on any atom is -0.477 e. The number of aliphatic carboxylic acids is 1. The van der Waals surface area contributed by atoms with E-state index in [1.165, 1.54) is 0 Å². The molecule has 2 aromatic carbocycles. The van der Waals surface area contributed by atoms with Crippen molar-refractivity contribution in [1.29, 1.82) is 0 Å². The van der Waals surface area contributed by atoms with Gasteiger partial charge in [0.25, 0.3) is 0 Å². The van der Waals surface area contributed by atoms with E-state index in [-0.39, 0.29) is 18.9 Å². The minimum absolute atomic E-state index is 0.0310. The summed E-state index contributed by atoms with van der Waals surface area (Å²) in [6.45, 7) is 0.318. The maximum absolute atomic E-state index is 12.9. The Morgan fingerprint density at radius 1 is 1.13 bits per heavy atom. The number of azide groups is 1. The molecule has 1 aliphatic rings. The number of nitrogens with zero attached hydrogens (tertiary/aromatic N) is 3. The molecule has 0 spiro atoms. The van der Waals surface area contributed by atoms with Gasteiger partial charge in [-0.15, -0.1) is 5.53 Å². The molecule has 0 heterocycles. The van der Waals surface area contributed by atoms with Crippen molar-refractivity contribution in [3.8, 4) is 11.1 Å². The summed E-state index contributed by atoms with van der Waals surface area (Å²) in [5.74, 6) is -2.68. The second kappa shape index (κ2) is 9.30. The van der Waals surface area contributed by atoms with Crippen LogP contribution in [0.3, 0.4) is 0 Å². The van der Waals surface area contributed by atoms with Gasteiger partial charge in [-0.3, -0.25) is 0 Å².